The van der Waals surface area contributed by atoms with Crippen LogP contribution >= 0.6 is 0 Å². The highest BCUT2D eigenvalue weighted by Crippen LogP contribution is 2.26. The average molecular weight is 576 g/mol. The second kappa shape index (κ2) is 14.4. The Kier molecular flexibility index (Phi) is 10.7. The summed E-state index contributed by atoms with van der Waals surface area (Å²) in [6, 6.07) is 16.1. The third kappa shape index (κ3) is 8.13. The molecule has 0 heterocycles. The molecule has 4 N–H and O–H groups in total. The van der Waals surface area contributed by atoms with E-state index in [-0.39, 0.29) is 30.6 Å². The molecular formula is C30H33N5O7. The molecule has 0 aliphatic heterocycles. The Morgan fingerprint density at radius 2 is 1.64 bits per heavy atom. The Bertz CT molecular complexity index is 1470. The van der Waals surface area contributed by atoms with Crippen molar-refractivity contribution in [2.24, 2.45) is 0 Å². The number of aryl methyl sites for hydroxylation is 1. The monoisotopic (exact) mass is 575 g/mol. The number of anilines is 2. The summed E-state index contributed by atoms with van der Waals surface area (Å²) in [6.45, 7) is 3.21. The van der Waals surface area contributed by atoms with Crippen molar-refractivity contribution in [1.82, 2.24) is 15.5 Å². The summed E-state index contributed by atoms with van der Waals surface area (Å²) in [7, 11) is 1.39. The second-order valence-corrected chi connectivity index (χ2v) is 9.50. The number of imide groups is 1. The molecule has 0 spiro atoms. The highest BCUT2D eigenvalue weighted by molar-refractivity contribution is 5.98. The molecular weight excluding hydrogens is 542 g/mol. The minimum Gasteiger partial charge on any atom is -0.478 e. The number of amides is 4. The third-order valence-corrected chi connectivity index (χ3v) is 6.59. The Hall–Kier alpha value is -5.26. The number of hydrogen-bond donors (Lipinski definition) is 4. The van der Waals surface area contributed by atoms with Crippen molar-refractivity contribution >= 4 is 40.9 Å². The van der Waals surface area contributed by atoms with Crippen molar-refractivity contribution in [2.75, 3.05) is 18.9 Å². The van der Waals surface area contributed by atoms with Crippen LogP contribution in [0.4, 0.5) is 21.9 Å². The summed E-state index contributed by atoms with van der Waals surface area (Å²) in [6.07, 6.45) is 0.953. The zero-order valence-corrected chi connectivity index (χ0v) is 23.5. The van der Waals surface area contributed by atoms with Crippen LogP contribution in [0.1, 0.15) is 40.9 Å². The summed E-state index contributed by atoms with van der Waals surface area (Å²) >= 11 is 0. The molecule has 0 aliphatic carbocycles. The van der Waals surface area contributed by atoms with E-state index in [1.165, 1.54) is 32.2 Å². The fraction of sp³-hybridized carbons (Fsp3) is 0.267. The van der Waals surface area contributed by atoms with Gasteiger partial charge in [0.25, 0.3) is 11.6 Å². The highest BCUT2D eigenvalue weighted by atomic mass is 16.6. The number of carboxylic acid groups (broad SMARTS) is 1. The lowest BCUT2D eigenvalue weighted by atomic mass is 9.99. The van der Waals surface area contributed by atoms with E-state index in [1.54, 1.807) is 42.5 Å². The maximum absolute atomic E-state index is 13.6. The zero-order valence-electron chi connectivity index (χ0n) is 23.5. The van der Waals surface area contributed by atoms with Crippen LogP contribution in [0.15, 0.2) is 66.7 Å². The number of rotatable bonds is 12. The molecule has 3 aromatic rings. The fourth-order valence-electron chi connectivity index (χ4n) is 4.45. The van der Waals surface area contributed by atoms with Crippen LogP contribution in [-0.2, 0) is 28.9 Å². The van der Waals surface area contributed by atoms with Gasteiger partial charge in [-0.25, -0.2) is 9.59 Å². The number of carbonyl (C=O) groups is 4. The Labute approximate surface area is 242 Å². The minimum atomic E-state index is -1.06. The molecule has 0 saturated heterocycles. The van der Waals surface area contributed by atoms with Gasteiger partial charge in [-0.3, -0.25) is 24.6 Å². The minimum absolute atomic E-state index is 0.0154. The standard InChI is InChI=1S/C30H33N5O7/c1-4-22-17-21(11-14-25(22)33-26-8-6-5-7-24(26)29(38)39)18-27(32-19(2)36)28(37)34(30(40)31-3)16-15-20-9-12-23(13-10-20)35(41)42/h5-14,17,27,33H,4,15-16,18H2,1-3H3,(H,31,40)(H,32,36)(H,38,39). The third-order valence-electron chi connectivity index (χ3n) is 6.59. The number of nitrogens with zero attached hydrogens (tertiary/aromatic N) is 2. The normalized spacial score (nSPS) is 11.2. The number of carboxylic acids is 1. The largest absolute Gasteiger partial charge is 0.478 e. The number of non-ortho nitro benzene ring substituents is 1. The molecule has 12 heteroatoms. The van der Waals surface area contributed by atoms with E-state index in [9.17, 15) is 34.4 Å². The van der Waals surface area contributed by atoms with E-state index in [2.05, 4.69) is 16.0 Å². The smallest absolute Gasteiger partial charge is 0.337 e. The SMILES string of the molecule is CCc1cc(CC(NC(C)=O)C(=O)N(CCc2ccc([N+](=O)[O-])cc2)C(=O)NC)ccc1Nc1ccccc1C(=O)O. The first-order valence-electron chi connectivity index (χ1n) is 13.3. The summed E-state index contributed by atoms with van der Waals surface area (Å²) in [5, 5.41) is 28.7. The number of nitro benzene ring substituents is 1. The van der Waals surface area contributed by atoms with Gasteiger partial charge in [-0.2, -0.15) is 0 Å². The van der Waals surface area contributed by atoms with Crippen LogP contribution < -0.4 is 16.0 Å². The average Bonchev–Trinajstić information content (AvgIpc) is 2.97. The number of nitro groups is 1. The predicted octanol–water partition coefficient (Wildman–Crippen LogP) is 4.06. The number of aromatic carboxylic acids is 1. The lowest BCUT2D eigenvalue weighted by Gasteiger charge is -2.26. The van der Waals surface area contributed by atoms with Gasteiger partial charge in [0.2, 0.25) is 5.91 Å². The van der Waals surface area contributed by atoms with Gasteiger partial charge in [0.1, 0.15) is 6.04 Å². The van der Waals surface area contributed by atoms with Crippen LogP contribution in [0, 0.1) is 10.1 Å². The lowest BCUT2D eigenvalue weighted by Crippen LogP contribution is -2.53. The van der Waals surface area contributed by atoms with Gasteiger partial charge >= 0.3 is 12.0 Å². The molecule has 3 rings (SSSR count). The molecule has 0 radical (unpaired) electrons. The summed E-state index contributed by atoms with van der Waals surface area (Å²) < 4.78 is 0. The predicted molar refractivity (Wildman–Crippen MR) is 157 cm³/mol. The molecule has 0 aromatic heterocycles. The number of hydrogen-bond acceptors (Lipinski definition) is 7. The van der Waals surface area contributed by atoms with Gasteiger partial charge in [0.05, 0.1) is 16.2 Å². The van der Waals surface area contributed by atoms with Gasteiger partial charge in [0, 0.05) is 44.8 Å². The van der Waals surface area contributed by atoms with E-state index >= 15 is 0 Å². The van der Waals surface area contributed by atoms with Crippen LogP contribution in [0.2, 0.25) is 0 Å². The van der Waals surface area contributed by atoms with Crippen molar-refractivity contribution in [2.45, 2.75) is 39.2 Å². The molecule has 4 amide bonds. The molecule has 220 valence electrons. The number of para-hydroxylation sites is 1. The lowest BCUT2D eigenvalue weighted by molar-refractivity contribution is -0.384. The first-order valence-corrected chi connectivity index (χ1v) is 13.3. The van der Waals surface area contributed by atoms with Crippen LogP contribution in [0.25, 0.3) is 0 Å². The van der Waals surface area contributed by atoms with Gasteiger partial charge in [-0.05, 0) is 47.7 Å². The Morgan fingerprint density at radius 1 is 0.976 bits per heavy atom. The first kappa shape index (κ1) is 31.3. The number of benzene rings is 3. The van der Waals surface area contributed by atoms with Crippen LogP contribution in [-0.4, -0.2) is 58.4 Å². The topological polar surface area (TPSA) is 171 Å². The number of nitrogens with one attached hydrogen (secondary N) is 3. The highest BCUT2D eigenvalue weighted by Gasteiger charge is 2.29. The molecule has 1 atom stereocenters. The Morgan fingerprint density at radius 3 is 2.24 bits per heavy atom. The molecule has 0 saturated carbocycles. The van der Waals surface area contributed by atoms with Crippen LogP contribution in [0.5, 0.6) is 0 Å². The van der Waals surface area contributed by atoms with Gasteiger partial charge in [-0.1, -0.05) is 43.3 Å². The molecule has 1 unspecified atom stereocenters. The van der Waals surface area contributed by atoms with E-state index in [1.807, 2.05) is 13.0 Å². The second-order valence-electron chi connectivity index (χ2n) is 9.50. The van der Waals surface area contributed by atoms with Crippen molar-refractivity contribution < 1.29 is 29.2 Å². The van der Waals surface area contributed by atoms with E-state index in [4.69, 9.17) is 0 Å². The maximum atomic E-state index is 13.6. The Balaban J connectivity index is 1.83. The zero-order chi connectivity index (χ0) is 30.8. The molecule has 42 heavy (non-hydrogen) atoms. The van der Waals surface area contributed by atoms with E-state index in [0.717, 1.165) is 16.0 Å². The van der Waals surface area contributed by atoms with Crippen molar-refractivity contribution in [3.8, 4) is 0 Å². The van der Waals surface area contributed by atoms with E-state index in [0.29, 0.717) is 23.4 Å². The van der Waals surface area contributed by atoms with Crippen molar-refractivity contribution in [3.63, 3.8) is 0 Å². The molecule has 3 aromatic carbocycles. The molecule has 0 bridgehead atoms. The summed E-state index contributed by atoms with van der Waals surface area (Å²) in [5.41, 5.74) is 3.48. The van der Waals surface area contributed by atoms with Crippen molar-refractivity contribution in [1.29, 1.82) is 0 Å². The van der Waals surface area contributed by atoms with Gasteiger partial charge in [-0.15, -0.1) is 0 Å². The first-order chi connectivity index (χ1) is 20.0. The van der Waals surface area contributed by atoms with E-state index < -0.39 is 34.8 Å². The summed E-state index contributed by atoms with van der Waals surface area (Å²) in [4.78, 5) is 61.4. The number of carbonyl (C=O) groups excluding carboxylic acids is 3. The fourth-order valence-corrected chi connectivity index (χ4v) is 4.45. The quantitative estimate of drug-likeness (QED) is 0.185. The molecule has 0 fully saturated rings. The van der Waals surface area contributed by atoms with Gasteiger partial charge in [0.15, 0.2) is 0 Å². The molecule has 12 nitrogen and oxygen atoms in total. The van der Waals surface area contributed by atoms with Gasteiger partial charge < -0.3 is 21.1 Å². The molecule has 0 aliphatic rings. The number of urea groups is 1. The maximum Gasteiger partial charge on any atom is 0.337 e. The van der Waals surface area contributed by atoms with Crippen LogP contribution in [0.3, 0.4) is 0 Å². The van der Waals surface area contributed by atoms with Crippen molar-refractivity contribution in [3.05, 3.63) is 99.1 Å². The summed E-state index contributed by atoms with van der Waals surface area (Å²) in [5.74, 6) is -2.11.